The minimum absolute atomic E-state index is 0.388. The third-order valence-electron chi connectivity index (χ3n) is 2.66. The molecule has 2 heterocycles. The van der Waals surface area contributed by atoms with Crippen LogP contribution in [0.4, 0.5) is 5.95 Å². The number of aliphatic hydroxyl groups excluding tert-OH is 2. The predicted molar refractivity (Wildman–Crippen MR) is 62.7 cm³/mol. The molecular weight excluding hydrogens is 226 g/mol. The fourth-order valence-electron chi connectivity index (χ4n) is 1.70. The first kappa shape index (κ1) is 11.6. The maximum atomic E-state index is 9.58. The van der Waals surface area contributed by atoms with E-state index in [0.717, 1.165) is 5.03 Å². The van der Waals surface area contributed by atoms with Crippen LogP contribution in [0.1, 0.15) is 6.42 Å². The van der Waals surface area contributed by atoms with Crippen LogP contribution in [0.3, 0.4) is 0 Å². The number of aromatic nitrogens is 2. The average Bonchev–Trinajstić information content (AvgIpc) is 2.33. The van der Waals surface area contributed by atoms with Crippen LogP contribution in [-0.2, 0) is 0 Å². The van der Waals surface area contributed by atoms with E-state index in [-0.39, 0.29) is 0 Å². The lowest BCUT2D eigenvalue weighted by Gasteiger charge is -2.33. The number of β-amino-alcohol motifs (C(OH)–C–C–N with tert-alkyl or cyclic N) is 1. The second kappa shape index (κ2) is 4.99. The Bertz CT molecular complexity index is 364. The van der Waals surface area contributed by atoms with Gasteiger partial charge in [-0.1, -0.05) is 0 Å². The molecule has 0 bridgehead atoms. The van der Waals surface area contributed by atoms with Crippen LogP contribution in [-0.4, -0.2) is 51.7 Å². The number of rotatable bonds is 2. The summed E-state index contributed by atoms with van der Waals surface area (Å²) < 4.78 is 0. The number of piperidine rings is 1. The summed E-state index contributed by atoms with van der Waals surface area (Å²) >= 11 is 1.56. The fraction of sp³-hybridized carbons (Fsp3) is 0.600. The van der Waals surface area contributed by atoms with Gasteiger partial charge >= 0.3 is 0 Å². The van der Waals surface area contributed by atoms with Gasteiger partial charge in [0.25, 0.3) is 0 Å². The van der Waals surface area contributed by atoms with Gasteiger partial charge in [-0.25, -0.2) is 9.97 Å². The lowest BCUT2D eigenvalue weighted by atomic mass is 10.1. The summed E-state index contributed by atoms with van der Waals surface area (Å²) in [4.78, 5) is 10.4. The molecule has 0 aliphatic carbocycles. The molecule has 1 aromatic heterocycles. The van der Waals surface area contributed by atoms with Crippen molar-refractivity contribution in [2.24, 2.45) is 0 Å². The molecule has 1 fully saturated rings. The molecule has 2 unspecified atom stereocenters. The molecule has 1 saturated heterocycles. The molecule has 5 nitrogen and oxygen atoms in total. The Kier molecular flexibility index (Phi) is 3.63. The normalized spacial score (nSPS) is 25.8. The molecule has 2 atom stereocenters. The number of aliphatic hydroxyl groups is 2. The molecule has 1 aromatic rings. The zero-order valence-corrected chi connectivity index (χ0v) is 9.89. The zero-order chi connectivity index (χ0) is 11.5. The average molecular weight is 241 g/mol. The number of hydrogen-bond acceptors (Lipinski definition) is 6. The van der Waals surface area contributed by atoms with E-state index in [1.165, 1.54) is 0 Å². The van der Waals surface area contributed by atoms with Gasteiger partial charge in [-0.05, 0) is 18.7 Å². The van der Waals surface area contributed by atoms with E-state index >= 15 is 0 Å². The second-order valence-corrected chi connectivity index (χ2v) is 4.59. The van der Waals surface area contributed by atoms with Crippen LogP contribution in [0, 0.1) is 0 Å². The Morgan fingerprint density at radius 2 is 2.25 bits per heavy atom. The van der Waals surface area contributed by atoms with Gasteiger partial charge in [-0.15, -0.1) is 11.8 Å². The van der Waals surface area contributed by atoms with Crippen LogP contribution < -0.4 is 4.90 Å². The number of hydrogen-bond donors (Lipinski definition) is 2. The van der Waals surface area contributed by atoms with Crippen molar-refractivity contribution in [3.8, 4) is 0 Å². The minimum Gasteiger partial charge on any atom is -0.390 e. The number of anilines is 1. The van der Waals surface area contributed by atoms with Crippen molar-refractivity contribution in [1.82, 2.24) is 9.97 Å². The second-order valence-electron chi connectivity index (χ2n) is 3.77. The first-order valence-electron chi connectivity index (χ1n) is 5.19. The summed E-state index contributed by atoms with van der Waals surface area (Å²) in [6.45, 7) is 1.06. The monoisotopic (exact) mass is 241 g/mol. The molecule has 0 spiro atoms. The van der Waals surface area contributed by atoms with Gasteiger partial charge in [0, 0.05) is 19.3 Å². The van der Waals surface area contributed by atoms with E-state index in [1.54, 1.807) is 18.0 Å². The molecule has 16 heavy (non-hydrogen) atoms. The van der Waals surface area contributed by atoms with Crippen molar-refractivity contribution in [3.63, 3.8) is 0 Å². The molecule has 0 radical (unpaired) electrons. The van der Waals surface area contributed by atoms with E-state index in [1.807, 2.05) is 17.2 Å². The van der Waals surface area contributed by atoms with Crippen LogP contribution in [0.15, 0.2) is 17.3 Å². The molecule has 0 saturated carbocycles. The highest BCUT2D eigenvalue weighted by atomic mass is 32.2. The predicted octanol–water partition coefficient (Wildman–Crippen LogP) is 0.130. The Morgan fingerprint density at radius 1 is 1.44 bits per heavy atom. The summed E-state index contributed by atoms with van der Waals surface area (Å²) in [5, 5.41) is 19.9. The molecular formula is C10H15N3O2S. The maximum absolute atomic E-state index is 9.58. The largest absolute Gasteiger partial charge is 0.390 e. The number of nitrogens with zero attached hydrogens (tertiary/aromatic N) is 3. The Balaban J connectivity index is 2.12. The van der Waals surface area contributed by atoms with Gasteiger partial charge in [0.15, 0.2) is 0 Å². The Hall–Kier alpha value is -0.850. The first-order chi connectivity index (χ1) is 7.70. The highest BCUT2D eigenvalue weighted by Crippen LogP contribution is 2.19. The highest BCUT2D eigenvalue weighted by Gasteiger charge is 2.27. The van der Waals surface area contributed by atoms with E-state index in [4.69, 9.17) is 0 Å². The number of thioether (sulfide) groups is 1. The van der Waals surface area contributed by atoms with Crippen molar-refractivity contribution in [3.05, 3.63) is 12.3 Å². The maximum Gasteiger partial charge on any atom is 0.226 e. The van der Waals surface area contributed by atoms with Crippen molar-refractivity contribution >= 4 is 17.7 Å². The lowest BCUT2D eigenvalue weighted by molar-refractivity contribution is 0.00766. The van der Waals surface area contributed by atoms with Crippen molar-refractivity contribution in [1.29, 1.82) is 0 Å². The van der Waals surface area contributed by atoms with Gasteiger partial charge in [0.1, 0.15) is 5.03 Å². The SMILES string of the molecule is CSc1ccnc(N2CCC(O)C(O)C2)n1. The molecule has 0 aromatic carbocycles. The molecule has 2 N–H and O–H groups in total. The molecule has 0 amide bonds. The van der Waals surface area contributed by atoms with Gasteiger partial charge in [-0.2, -0.15) is 0 Å². The van der Waals surface area contributed by atoms with Gasteiger partial charge in [0.05, 0.1) is 12.2 Å². The molecule has 6 heteroatoms. The summed E-state index contributed by atoms with van der Waals surface area (Å²) in [7, 11) is 0. The van der Waals surface area contributed by atoms with Crippen LogP contribution in [0.25, 0.3) is 0 Å². The fourth-order valence-corrected chi connectivity index (χ4v) is 2.07. The third kappa shape index (κ3) is 2.45. The quantitative estimate of drug-likeness (QED) is 0.566. The summed E-state index contributed by atoms with van der Waals surface area (Å²) in [6, 6.07) is 1.85. The van der Waals surface area contributed by atoms with Crippen LogP contribution in [0.5, 0.6) is 0 Å². The topological polar surface area (TPSA) is 69.5 Å². The van der Waals surface area contributed by atoms with Gasteiger partial charge in [-0.3, -0.25) is 0 Å². The summed E-state index contributed by atoms with van der Waals surface area (Å²) in [6.07, 6.45) is 2.89. The van der Waals surface area contributed by atoms with Crippen LogP contribution in [0.2, 0.25) is 0 Å². The molecule has 88 valence electrons. The van der Waals surface area contributed by atoms with E-state index in [2.05, 4.69) is 9.97 Å². The molecule has 1 aliphatic heterocycles. The smallest absolute Gasteiger partial charge is 0.226 e. The Morgan fingerprint density at radius 3 is 2.94 bits per heavy atom. The highest BCUT2D eigenvalue weighted by molar-refractivity contribution is 7.98. The molecule has 1 aliphatic rings. The minimum atomic E-state index is -0.713. The van der Waals surface area contributed by atoms with Gasteiger partial charge < -0.3 is 15.1 Å². The van der Waals surface area contributed by atoms with E-state index in [0.29, 0.717) is 25.5 Å². The Labute approximate surface area is 98.5 Å². The summed E-state index contributed by atoms with van der Waals surface area (Å²) in [5.41, 5.74) is 0. The molecule has 2 rings (SSSR count). The van der Waals surface area contributed by atoms with E-state index < -0.39 is 12.2 Å². The standard InChI is InChI=1S/C10H15N3O2S/c1-16-9-2-4-11-10(12-9)13-5-3-7(14)8(15)6-13/h2,4,7-8,14-15H,3,5-6H2,1H3. The van der Waals surface area contributed by atoms with Gasteiger partial charge in [0.2, 0.25) is 5.95 Å². The van der Waals surface area contributed by atoms with Crippen LogP contribution >= 0.6 is 11.8 Å². The lowest BCUT2D eigenvalue weighted by Crippen LogP contribution is -2.47. The van der Waals surface area contributed by atoms with Crippen molar-refractivity contribution in [2.45, 2.75) is 23.7 Å². The van der Waals surface area contributed by atoms with Crippen molar-refractivity contribution in [2.75, 3.05) is 24.2 Å². The first-order valence-corrected chi connectivity index (χ1v) is 6.41. The third-order valence-corrected chi connectivity index (χ3v) is 3.30. The summed E-state index contributed by atoms with van der Waals surface area (Å²) in [5.74, 6) is 0.623. The van der Waals surface area contributed by atoms with Crippen molar-refractivity contribution < 1.29 is 10.2 Å². The van der Waals surface area contributed by atoms with E-state index in [9.17, 15) is 10.2 Å². The zero-order valence-electron chi connectivity index (χ0n) is 9.08.